The van der Waals surface area contributed by atoms with Crippen molar-refractivity contribution in [3.63, 3.8) is 0 Å². The van der Waals surface area contributed by atoms with Crippen molar-refractivity contribution in [1.29, 1.82) is 0 Å². The van der Waals surface area contributed by atoms with Gasteiger partial charge in [0.25, 0.3) is 0 Å². The number of nitrogens with two attached hydrogens (primary N) is 1. The minimum Gasteiger partial charge on any atom is -0.504 e. The molecule has 0 aliphatic carbocycles. The van der Waals surface area contributed by atoms with Gasteiger partial charge in [0.15, 0.2) is 11.5 Å². The normalized spacial score (nSPS) is 12.4. The Kier molecular flexibility index (Phi) is 3.54. The topological polar surface area (TPSA) is 104 Å². The van der Waals surface area contributed by atoms with E-state index < -0.39 is 12.0 Å². The molecule has 15 heavy (non-hydrogen) atoms. The fourth-order valence-corrected chi connectivity index (χ4v) is 1.57. The van der Waals surface area contributed by atoms with Crippen molar-refractivity contribution in [3.8, 4) is 11.5 Å². The second kappa shape index (κ2) is 4.50. The summed E-state index contributed by atoms with van der Waals surface area (Å²) < 4.78 is 0.509. The second-order valence-corrected chi connectivity index (χ2v) is 3.94. The minimum atomic E-state index is -1.12. The van der Waals surface area contributed by atoms with Crippen LogP contribution in [0.25, 0.3) is 0 Å². The molecule has 82 valence electrons. The number of aromatic hydroxyl groups is 2. The van der Waals surface area contributed by atoms with Crippen LogP contribution in [0.4, 0.5) is 0 Å². The van der Waals surface area contributed by atoms with Crippen molar-refractivity contribution in [2.75, 3.05) is 0 Å². The Morgan fingerprint density at radius 2 is 1.93 bits per heavy atom. The number of aliphatic carboxylic acids is 1. The number of halogens is 1. The molecule has 1 rings (SSSR count). The number of hydrogen-bond donors (Lipinski definition) is 4. The number of carboxylic acids is 1. The number of rotatable bonds is 3. The highest BCUT2D eigenvalue weighted by molar-refractivity contribution is 9.10. The van der Waals surface area contributed by atoms with Crippen molar-refractivity contribution in [3.05, 3.63) is 22.2 Å². The molecule has 0 saturated heterocycles. The first-order chi connectivity index (χ1) is 6.91. The van der Waals surface area contributed by atoms with Crippen molar-refractivity contribution in [2.24, 2.45) is 5.73 Å². The Morgan fingerprint density at radius 1 is 1.40 bits per heavy atom. The molecular formula is C9H10BrNO4. The molecule has 0 saturated carbocycles. The molecule has 0 spiro atoms. The van der Waals surface area contributed by atoms with Crippen LogP contribution in [-0.2, 0) is 11.2 Å². The van der Waals surface area contributed by atoms with E-state index in [0.29, 0.717) is 10.0 Å². The molecule has 1 aromatic carbocycles. The van der Waals surface area contributed by atoms with Crippen LogP contribution < -0.4 is 5.73 Å². The fourth-order valence-electron chi connectivity index (χ4n) is 1.08. The summed E-state index contributed by atoms with van der Waals surface area (Å²) in [5.41, 5.74) is 5.87. The van der Waals surface area contributed by atoms with Gasteiger partial charge in [-0.3, -0.25) is 4.79 Å². The smallest absolute Gasteiger partial charge is 0.320 e. The zero-order valence-corrected chi connectivity index (χ0v) is 9.23. The Hall–Kier alpha value is -1.27. The average Bonchev–Trinajstić information content (AvgIpc) is 2.13. The molecule has 5 nitrogen and oxygen atoms in total. The Morgan fingerprint density at radius 3 is 2.47 bits per heavy atom. The molecule has 0 fully saturated rings. The highest BCUT2D eigenvalue weighted by Crippen LogP contribution is 2.31. The molecule has 6 heteroatoms. The van der Waals surface area contributed by atoms with Crippen LogP contribution in [-0.4, -0.2) is 27.3 Å². The summed E-state index contributed by atoms with van der Waals surface area (Å²) >= 11 is 3.14. The van der Waals surface area contributed by atoms with Crippen molar-refractivity contribution in [1.82, 2.24) is 0 Å². The molecule has 5 N–H and O–H groups in total. The number of phenols is 2. The van der Waals surface area contributed by atoms with E-state index in [2.05, 4.69) is 15.9 Å². The first kappa shape index (κ1) is 11.8. The van der Waals surface area contributed by atoms with Crippen LogP contribution in [0.5, 0.6) is 11.5 Å². The van der Waals surface area contributed by atoms with Gasteiger partial charge in [-0.1, -0.05) is 15.9 Å². The lowest BCUT2D eigenvalue weighted by atomic mass is 10.1. The monoisotopic (exact) mass is 275 g/mol. The molecule has 0 aromatic heterocycles. The minimum absolute atomic E-state index is 0.0732. The van der Waals surface area contributed by atoms with Gasteiger partial charge < -0.3 is 21.1 Å². The standard InChI is InChI=1S/C9H10BrNO4/c10-5-3-8(13)7(12)2-4(5)1-6(11)9(14)15/h2-3,6,12-13H,1,11H2,(H,14,15)/t6-/m0/s1. The van der Waals surface area contributed by atoms with E-state index in [1.165, 1.54) is 12.1 Å². The van der Waals surface area contributed by atoms with Crippen LogP contribution >= 0.6 is 15.9 Å². The summed E-state index contributed by atoms with van der Waals surface area (Å²) in [5.74, 6) is -1.69. The van der Waals surface area contributed by atoms with Gasteiger partial charge in [0, 0.05) is 4.47 Å². The molecule has 1 atom stereocenters. The lowest BCUT2D eigenvalue weighted by molar-refractivity contribution is -0.138. The molecule has 1 aromatic rings. The van der Waals surface area contributed by atoms with E-state index in [4.69, 9.17) is 15.9 Å². The van der Waals surface area contributed by atoms with Crippen molar-refractivity contribution < 1.29 is 20.1 Å². The summed E-state index contributed by atoms with van der Waals surface area (Å²) in [6, 6.07) is 1.53. The Bertz CT molecular complexity index is 394. The predicted octanol–water partition coefficient (Wildman–Crippen LogP) is 0.815. The molecule has 0 amide bonds. The third kappa shape index (κ3) is 2.84. The van der Waals surface area contributed by atoms with E-state index in [9.17, 15) is 9.90 Å². The lowest BCUT2D eigenvalue weighted by Crippen LogP contribution is -2.32. The van der Waals surface area contributed by atoms with Gasteiger partial charge in [-0.2, -0.15) is 0 Å². The van der Waals surface area contributed by atoms with Crippen LogP contribution in [0.15, 0.2) is 16.6 Å². The Labute approximate surface area is 94.3 Å². The highest BCUT2D eigenvalue weighted by atomic mass is 79.9. The maximum Gasteiger partial charge on any atom is 0.320 e. The fraction of sp³-hybridized carbons (Fsp3) is 0.222. The number of phenolic OH excluding ortho intramolecular Hbond substituents is 2. The van der Waals surface area contributed by atoms with Gasteiger partial charge in [-0.05, 0) is 24.1 Å². The largest absolute Gasteiger partial charge is 0.504 e. The summed E-state index contributed by atoms with van der Waals surface area (Å²) in [6.07, 6.45) is 0.0732. The summed E-state index contributed by atoms with van der Waals surface area (Å²) in [5, 5.41) is 27.0. The SMILES string of the molecule is N[C@@H](Cc1cc(O)c(O)cc1Br)C(=O)O. The number of hydrogen-bond acceptors (Lipinski definition) is 4. The molecule has 0 heterocycles. The van der Waals surface area contributed by atoms with Gasteiger partial charge in [-0.15, -0.1) is 0 Å². The first-order valence-electron chi connectivity index (χ1n) is 4.10. The van der Waals surface area contributed by atoms with Gasteiger partial charge in [-0.25, -0.2) is 0 Å². The van der Waals surface area contributed by atoms with E-state index in [1.807, 2.05) is 0 Å². The van der Waals surface area contributed by atoms with E-state index >= 15 is 0 Å². The lowest BCUT2D eigenvalue weighted by Gasteiger charge is -2.09. The third-order valence-electron chi connectivity index (χ3n) is 1.90. The van der Waals surface area contributed by atoms with E-state index in [1.54, 1.807) is 0 Å². The summed E-state index contributed by atoms with van der Waals surface area (Å²) in [4.78, 5) is 10.5. The average molecular weight is 276 g/mol. The van der Waals surface area contributed by atoms with E-state index in [0.717, 1.165) is 0 Å². The second-order valence-electron chi connectivity index (χ2n) is 3.08. The molecule has 0 aliphatic heterocycles. The zero-order valence-electron chi connectivity index (χ0n) is 7.64. The zero-order chi connectivity index (χ0) is 11.6. The molecular weight excluding hydrogens is 266 g/mol. The molecule has 0 bridgehead atoms. The van der Waals surface area contributed by atoms with Crippen molar-refractivity contribution >= 4 is 21.9 Å². The predicted molar refractivity (Wildman–Crippen MR) is 56.8 cm³/mol. The third-order valence-corrected chi connectivity index (χ3v) is 2.64. The first-order valence-corrected chi connectivity index (χ1v) is 4.90. The maximum atomic E-state index is 10.5. The molecule has 0 unspecified atom stereocenters. The van der Waals surface area contributed by atoms with Gasteiger partial charge in [0.05, 0.1) is 0 Å². The number of carbonyl (C=O) groups is 1. The summed E-state index contributed by atoms with van der Waals surface area (Å²) in [7, 11) is 0. The Balaban J connectivity index is 2.95. The number of benzene rings is 1. The maximum absolute atomic E-state index is 10.5. The van der Waals surface area contributed by atoms with E-state index in [-0.39, 0.29) is 17.9 Å². The molecule has 0 aliphatic rings. The van der Waals surface area contributed by atoms with Crippen LogP contribution in [0.2, 0.25) is 0 Å². The van der Waals surface area contributed by atoms with Crippen molar-refractivity contribution in [2.45, 2.75) is 12.5 Å². The quantitative estimate of drug-likeness (QED) is 0.612. The van der Waals surface area contributed by atoms with Crippen LogP contribution in [0.3, 0.4) is 0 Å². The summed E-state index contributed by atoms with van der Waals surface area (Å²) in [6.45, 7) is 0. The molecule has 0 radical (unpaired) electrons. The van der Waals surface area contributed by atoms with Crippen LogP contribution in [0, 0.1) is 0 Å². The van der Waals surface area contributed by atoms with Gasteiger partial charge >= 0.3 is 5.97 Å². The number of carboxylic acid groups (broad SMARTS) is 1. The van der Waals surface area contributed by atoms with Gasteiger partial charge in [0.2, 0.25) is 0 Å². The van der Waals surface area contributed by atoms with Gasteiger partial charge in [0.1, 0.15) is 6.04 Å². The van der Waals surface area contributed by atoms with Crippen LogP contribution in [0.1, 0.15) is 5.56 Å². The highest BCUT2D eigenvalue weighted by Gasteiger charge is 2.15.